The molecule has 2 aliphatic carbocycles. The van der Waals surface area contributed by atoms with Gasteiger partial charge in [-0.15, -0.1) is 21.2 Å². The predicted molar refractivity (Wildman–Crippen MR) is 112 cm³/mol. The van der Waals surface area contributed by atoms with E-state index < -0.39 is 0 Å². The summed E-state index contributed by atoms with van der Waals surface area (Å²) in [5, 5.41) is 7.95. The second-order valence-corrected chi connectivity index (χ2v) is 9.13. The molecule has 3 atom stereocenters. The van der Waals surface area contributed by atoms with Crippen molar-refractivity contribution in [1.29, 1.82) is 0 Å². The highest BCUT2D eigenvalue weighted by atomic mass is 32.1. The van der Waals surface area contributed by atoms with Gasteiger partial charge in [-0.25, -0.2) is 5.43 Å². The van der Waals surface area contributed by atoms with Crippen molar-refractivity contribution >= 4 is 28.0 Å². The molecule has 2 heterocycles. The number of hydrogen-bond donors (Lipinski definition) is 1. The molecule has 5 rings (SSSR count). The standard InChI is InChI=1S/C22H23N3O2S/c1-13-8-9-28-21(13)20-17-4-2-3-5-18(17)22(27)25(24-20)23-19(26)12-16-11-14-6-7-15(16)10-14/h2-5,8-9,14-16H,6-7,10-12H2,1H3,(H,23,26). The van der Waals surface area contributed by atoms with Crippen LogP contribution in [-0.4, -0.2) is 15.8 Å². The maximum absolute atomic E-state index is 12.9. The van der Waals surface area contributed by atoms with E-state index in [9.17, 15) is 9.59 Å². The smallest absolute Gasteiger partial charge is 0.273 e. The number of hydrogen-bond acceptors (Lipinski definition) is 4. The van der Waals surface area contributed by atoms with E-state index in [1.165, 1.54) is 19.3 Å². The van der Waals surface area contributed by atoms with Crippen LogP contribution in [0.1, 0.15) is 37.7 Å². The van der Waals surface area contributed by atoms with Crippen molar-refractivity contribution in [2.75, 3.05) is 5.43 Å². The maximum Gasteiger partial charge on any atom is 0.294 e. The van der Waals surface area contributed by atoms with Gasteiger partial charge in [0, 0.05) is 11.8 Å². The molecule has 6 heteroatoms. The third-order valence-electron chi connectivity index (χ3n) is 6.44. The third-order valence-corrected chi connectivity index (χ3v) is 7.47. The lowest BCUT2D eigenvalue weighted by Gasteiger charge is -2.21. The van der Waals surface area contributed by atoms with Gasteiger partial charge < -0.3 is 0 Å². The van der Waals surface area contributed by atoms with E-state index in [1.54, 1.807) is 17.4 Å². The van der Waals surface area contributed by atoms with Gasteiger partial charge in [0.05, 0.1) is 10.3 Å². The van der Waals surface area contributed by atoms with E-state index >= 15 is 0 Å². The van der Waals surface area contributed by atoms with Crippen molar-refractivity contribution in [1.82, 2.24) is 9.89 Å². The number of amides is 1. The van der Waals surface area contributed by atoms with Gasteiger partial charge in [-0.1, -0.05) is 24.6 Å². The van der Waals surface area contributed by atoms with Crippen LogP contribution in [0.15, 0.2) is 40.5 Å². The van der Waals surface area contributed by atoms with Crippen molar-refractivity contribution in [3.05, 3.63) is 51.6 Å². The first kappa shape index (κ1) is 17.6. The molecule has 3 aromatic rings. The predicted octanol–water partition coefficient (Wildman–Crippen LogP) is 4.33. The molecule has 0 aliphatic heterocycles. The van der Waals surface area contributed by atoms with Crippen LogP contribution in [0, 0.1) is 24.7 Å². The van der Waals surface area contributed by atoms with E-state index in [0.29, 0.717) is 23.6 Å². The van der Waals surface area contributed by atoms with Crippen LogP contribution in [0.5, 0.6) is 0 Å². The summed E-state index contributed by atoms with van der Waals surface area (Å²) in [4.78, 5) is 27.8. The van der Waals surface area contributed by atoms with E-state index in [1.807, 2.05) is 36.6 Å². The Hall–Kier alpha value is -2.47. The van der Waals surface area contributed by atoms with Crippen LogP contribution in [0.3, 0.4) is 0 Å². The fourth-order valence-electron chi connectivity index (χ4n) is 5.08. The highest BCUT2D eigenvalue weighted by molar-refractivity contribution is 7.13. The Balaban J connectivity index is 1.49. The average Bonchev–Trinajstić information content (AvgIpc) is 3.41. The van der Waals surface area contributed by atoms with Crippen molar-refractivity contribution in [3.8, 4) is 10.6 Å². The lowest BCUT2D eigenvalue weighted by molar-refractivity contribution is -0.118. The van der Waals surface area contributed by atoms with Crippen LogP contribution >= 0.6 is 11.3 Å². The number of benzene rings is 1. The summed E-state index contributed by atoms with van der Waals surface area (Å²) in [5.41, 5.74) is 4.34. The Labute approximate surface area is 167 Å². The number of nitrogens with one attached hydrogen (secondary N) is 1. The minimum atomic E-state index is -0.283. The van der Waals surface area contributed by atoms with Gasteiger partial charge in [0.1, 0.15) is 5.69 Å². The topological polar surface area (TPSA) is 64.0 Å². The third kappa shape index (κ3) is 2.96. The summed E-state index contributed by atoms with van der Waals surface area (Å²) in [7, 11) is 0. The van der Waals surface area contributed by atoms with Crippen LogP contribution in [0.25, 0.3) is 21.3 Å². The van der Waals surface area contributed by atoms with Crippen molar-refractivity contribution < 1.29 is 4.79 Å². The van der Waals surface area contributed by atoms with Gasteiger partial charge >= 0.3 is 0 Å². The summed E-state index contributed by atoms with van der Waals surface area (Å²) in [6.07, 6.45) is 5.47. The highest BCUT2D eigenvalue weighted by Crippen LogP contribution is 2.49. The summed E-state index contributed by atoms with van der Waals surface area (Å²) >= 11 is 1.59. The second kappa shape index (κ2) is 6.85. The molecule has 1 N–H and O–H groups in total. The molecule has 2 saturated carbocycles. The molecule has 2 fully saturated rings. The van der Waals surface area contributed by atoms with Crippen LogP contribution in [0.4, 0.5) is 0 Å². The zero-order valence-corrected chi connectivity index (χ0v) is 16.7. The Morgan fingerprint density at radius 2 is 2.04 bits per heavy atom. The number of carbonyl (C=O) groups is 1. The summed E-state index contributed by atoms with van der Waals surface area (Å²) < 4.78 is 0. The molecule has 2 aliphatic rings. The first-order valence-electron chi connectivity index (χ1n) is 9.96. The molecule has 2 bridgehead atoms. The first-order chi connectivity index (χ1) is 13.6. The summed E-state index contributed by atoms with van der Waals surface area (Å²) in [6.45, 7) is 2.03. The zero-order chi connectivity index (χ0) is 19.3. The molecule has 2 aromatic heterocycles. The van der Waals surface area contributed by atoms with Crippen molar-refractivity contribution in [3.63, 3.8) is 0 Å². The normalized spacial score (nSPS) is 23.4. The summed E-state index contributed by atoms with van der Waals surface area (Å²) in [5.74, 6) is 1.82. The monoisotopic (exact) mass is 393 g/mol. The Morgan fingerprint density at radius 3 is 2.71 bits per heavy atom. The van der Waals surface area contributed by atoms with Gasteiger partial charge in [0.2, 0.25) is 5.91 Å². The molecular formula is C22H23N3O2S. The maximum atomic E-state index is 12.9. The molecule has 5 nitrogen and oxygen atoms in total. The van der Waals surface area contributed by atoms with E-state index in [-0.39, 0.29) is 11.5 Å². The molecule has 28 heavy (non-hydrogen) atoms. The molecule has 1 aromatic carbocycles. The van der Waals surface area contributed by atoms with Gasteiger partial charge in [-0.3, -0.25) is 9.59 Å². The number of fused-ring (bicyclic) bond motifs is 3. The summed E-state index contributed by atoms with van der Waals surface area (Å²) in [6, 6.07) is 9.51. The SMILES string of the molecule is Cc1ccsc1-c1nn(NC(=O)CC2CC3CCC2C3)c(=O)c2ccccc12. The number of rotatable bonds is 4. The largest absolute Gasteiger partial charge is 0.294 e. The number of thiophene rings is 1. The quantitative estimate of drug-likeness (QED) is 0.718. The molecule has 0 spiro atoms. The average molecular weight is 394 g/mol. The molecule has 0 saturated heterocycles. The van der Waals surface area contributed by atoms with Crippen molar-refractivity contribution in [2.45, 2.75) is 39.0 Å². The van der Waals surface area contributed by atoms with E-state index in [0.717, 1.165) is 38.7 Å². The molecule has 1 amide bonds. The zero-order valence-electron chi connectivity index (χ0n) is 15.9. The van der Waals surface area contributed by atoms with E-state index in [4.69, 9.17) is 0 Å². The number of aromatic nitrogens is 2. The van der Waals surface area contributed by atoms with Crippen molar-refractivity contribution in [2.24, 2.45) is 17.8 Å². The number of aryl methyl sites for hydroxylation is 1. The molecule has 144 valence electrons. The van der Waals surface area contributed by atoms with E-state index in [2.05, 4.69) is 10.5 Å². The lowest BCUT2D eigenvalue weighted by Crippen LogP contribution is -2.36. The van der Waals surface area contributed by atoms with Crippen LogP contribution in [0.2, 0.25) is 0 Å². The number of nitrogens with zero attached hydrogens (tertiary/aromatic N) is 2. The lowest BCUT2D eigenvalue weighted by atomic mass is 9.86. The van der Waals surface area contributed by atoms with Crippen LogP contribution in [-0.2, 0) is 4.79 Å². The second-order valence-electron chi connectivity index (χ2n) is 8.22. The highest BCUT2D eigenvalue weighted by Gasteiger charge is 2.40. The van der Waals surface area contributed by atoms with Gasteiger partial charge in [0.15, 0.2) is 0 Å². The van der Waals surface area contributed by atoms with Crippen LogP contribution < -0.4 is 11.0 Å². The first-order valence-corrected chi connectivity index (χ1v) is 10.8. The van der Waals surface area contributed by atoms with Gasteiger partial charge in [0.25, 0.3) is 5.56 Å². The van der Waals surface area contributed by atoms with Gasteiger partial charge in [-0.05, 0) is 67.0 Å². The minimum absolute atomic E-state index is 0.115. The fourth-order valence-corrected chi connectivity index (χ4v) is 6.00. The van der Waals surface area contributed by atoms with Gasteiger partial charge in [-0.2, -0.15) is 0 Å². The molecule has 3 unspecified atom stereocenters. The fraction of sp³-hybridized carbons (Fsp3) is 0.409. The Bertz CT molecular complexity index is 1120. The Kier molecular flexibility index (Phi) is 4.31. The minimum Gasteiger partial charge on any atom is -0.273 e. The number of carbonyl (C=O) groups excluding carboxylic acids is 1. The molecular weight excluding hydrogens is 370 g/mol. The Morgan fingerprint density at radius 1 is 1.21 bits per heavy atom. The molecule has 0 radical (unpaired) electrons.